The molecule has 0 spiro atoms. The summed E-state index contributed by atoms with van der Waals surface area (Å²) in [4.78, 5) is 15.3. The summed E-state index contributed by atoms with van der Waals surface area (Å²) in [5, 5.41) is 7.55. The van der Waals surface area contributed by atoms with Gasteiger partial charge in [-0.2, -0.15) is 0 Å². The molecule has 0 bridgehead atoms. The molecule has 0 radical (unpaired) electrons. The van der Waals surface area contributed by atoms with Crippen molar-refractivity contribution < 1.29 is 9.53 Å². The number of hydrogen-bond acceptors (Lipinski definition) is 5. The van der Waals surface area contributed by atoms with E-state index >= 15 is 0 Å². The van der Waals surface area contributed by atoms with Gasteiger partial charge in [-0.05, 0) is 17.7 Å². The number of aromatic nitrogens is 3. The number of rotatable bonds is 2. The van der Waals surface area contributed by atoms with Crippen LogP contribution in [0.15, 0.2) is 24.8 Å². The maximum atomic E-state index is 11.2. The molecule has 2 aromatic rings. The Balaban J connectivity index is 2.59. The minimum atomic E-state index is -0.599. The molecule has 0 aliphatic heterocycles. The number of methoxy groups -OCH3 is 1. The van der Waals surface area contributed by atoms with Crippen LogP contribution in [0.5, 0.6) is 0 Å². The Kier molecular flexibility index (Phi) is 2.59. The van der Waals surface area contributed by atoms with Crippen molar-refractivity contribution in [1.82, 2.24) is 15.2 Å². The van der Waals surface area contributed by atoms with E-state index in [1.54, 1.807) is 18.2 Å². The second kappa shape index (κ2) is 4.06. The van der Waals surface area contributed by atoms with Gasteiger partial charge in [0, 0.05) is 0 Å². The van der Waals surface area contributed by atoms with Crippen molar-refractivity contribution in [3.63, 3.8) is 0 Å². The van der Waals surface area contributed by atoms with Gasteiger partial charge in [-0.3, -0.25) is 0 Å². The van der Waals surface area contributed by atoms with Crippen LogP contribution in [-0.4, -0.2) is 28.3 Å². The fraction of sp³-hybridized carbons (Fsp3) is 0.0909. The molecule has 0 saturated carbocycles. The van der Waals surface area contributed by atoms with Crippen LogP contribution in [0.3, 0.4) is 0 Å². The van der Waals surface area contributed by atoms with Crippen molar-refractivity contribution in [2.75, 3.05) is 7.11 Å². The summed E-state index contributed by atoms with van der Waals surface area (Å²) in [5.41, 5.74) is 2.12. The Morgan fingerprint density at radius 1 is 1.38 bits per heavy atom. The summed E-state index contributed by atoms with van der Waals surface area (Å²) in [6.45, 7) is 3.66. The van der Waals surface area contributed by atoms with Crippen LogP contribution >= 0.6 is 0 Å². The molecule has 1 aromatic carbocycles. The van der Waals surface area contributed by atoms with E-state index in [-0.39, 0.29) is 5.82 Å². The maximum absolute atomic E-state index is 11.2. The lowest BCUT2D eigenvalue weighted by atomic mass is 10.2. The first-order valence-electron chi connectivity index (χ1n) is 4.60. The SMILES string of the molecule is C=Cc1ccc2nnc(C(=O)OC)nc2c1. The van der Waals surface area contributed by atoms with E-state index in [1.807, 2.05) is 6.07 Å². The second-order valence-electron chi connectivity index (χ2n) is 3.08. The van der Waals surface area contributed by atoms with Crippen LogP contribution in [-0.2, 0) is 4.74 Å². The van der Waals surface area contributed by atoms with Crippen molar-refractivity contribution in [3.8, 4) is 0 Å². The predicted molar refractivity (Wildman–Crippen MR) is 58.8 cm³/mol. The highest BCUT2D eigenvalue weighted by Gasteiger charge is 2.10. The Morgan fingerprint density at radius 3 is 2.88 bits per heavy atom. The van der Waals surface area contributed by atoms with E-state index in [1.165, 1.54) is 7.11 Å². The molecule has 80 valence electrons. The van der Waals surface area contributed by atoms with E-state index in [0.717, 1.165) is 5.56 Å². The highest BCUT2D eigenvalue weighted by Crippen LogP contribution is 2.12. The first kappa shape index (κ1) is 10.2. The minimum Gasteiger partial charge on any atom is -0.463 e. The standard InChI is InChI=1S/C11H9N3O2/c1-3-7-4-5-8-9(6-7)12-10(14-13-8)11(15)16-2/h3-6H,1H2,2H3. The van der Waals surface area contributed by atoms with Crippen LogP contribution in [0.25, 0.3) is 17.1 Å². The van der Waals surface area contributed by atoms with Crippen molar-refractivity contribution in [3.05, 3.63) is 36.2 Å². The number of carbonyl (C=O) groups is 1. The van der Waals surface area contributed by atoms with E-state index in [9.17, 15) is 4.79 Å². The van der Waals surface area contributed by atoms with Gasteiger partial charge in [0.25, 0.3) is 5.82 Å². The van der Waals surface area contributed by atoms with Gasteiger partial charge in [0.15, 0.2) is 0 Å². The van der Waals surface area contributed by atoms with Crippen molar-refractivity contribution >= 4 is 23.1 Å². The Bertz CT molecular complexity index is 566. The summed E-state index contributed by atoms with van der Waals surface area (Å²) in [6.07, 6.45) is 1.69. The number of esters is 1. The molecule has 0 fully saturated rings. The van der Waals surface area contributed by atoms with E-state index in [2.05, 4.69) is 26.5 Å². The molecule has 0 aliphatic carbocycles. The number of ether oxygens (including phenoxy) is 1. The number of benzene rings is 1. The van der Waals surface area contributed by atoms with Gasteiger partial charge in [-0.15, -0.1) is 10.2 Å². The van der Waals surface area contributed by atoms with Gasteiger partial charge < -0.3 is 4.74 Å². The smallest absolute Gasteiger partial charge is 0.378 e. The van der Waals surface area contributed by atoms with Crippen molar-refractivity contribution in [1.29, 1.82) is 0 Å². The highest BCUT2D eigenvalue weighted by molar-refractivity contribution is 5.87. The van der Waals surface area contributed by atoms with Crippen LogP contribution in [0.1, 0.15) is 16.2 Å². The normalized spacial score (nSPS) is 10.1. The van der Waals surface area contributed by atoms with Gasteiger partial charge in [-0.1, -0.05) is 18.7 Å². The quantitative estimate of drug-likeness (QED) is 0.709. The molecule has 5 heteroatoms. The lowest BCUT2D eigenvalue weighted by Crippen LogP contribution is -2.08. The molecule has 16 heavy (non-hydrogen) atoms. The zero-order valence-corrected chi connectivity index (χ0v) is 8.67. The van der Waals surface area contributed by atoms with E-state index in [4.69, 9.17) is 0 Å². The molecule has 1 heterocycles. The summed E-state index contributed by atoms with van der Waals surface area (Å²) in [6, 6.07) is 5.40. The Hall–Kier alpha value is -2.30. The average molecular weight is 215 g/mol. The summed E-state index contributed by atoms with van der Waals surface area (Å²) in [5.74, 6) is -0.644. The molecule has 0 unspecified atom stereocenters. The third-order valence-corrected chi connectivity index (χ3v) is 2.08. The summed E-state index contributed by atoms with van der Waals surface area (Å²) < 4.78 is 4.52. The molecule has 2 rings (SSSR count). The molecule has 1 aromatic heterocycles. The third kappa shape index (κ3) is 1.75. The molecule has 0 aliphatic rings. The van der Waals surface area contributed by atoms with Gasteiger partial charge in [0.1, 0.15) is 5.52 Å². The third-order valence-electron chi connectivity index (χ3n) is 2.08. The fourth-order valence-corrected chi connectivity index (χ4v) is 1.26. The monoisotopic (exact) mass is 215 g/mol. The second-order valence-corrected chi connectivity index (χ2v) is 3.08. The molecule has 0 N–H and O–H groups in total. The zero-order valence-electron chi connectivity index (χ0n) is 8.67. The lowest BCUT2D eigenvalue weighted by molar-refractivity contribution is 0.0586. The lowest BCUT2D eigenvalue weighted by Gasteiger charge is -2.00. The van der Waals surface area contributed by atoms with Crippen LogP contribution in [0.2, 0.25) is 0 Å². The maximum Gasteiger partial charge on any atom is 0.378 e. The van der Waals surface area contributed by atoms with Crippen LogP contribution in [0.4, 0.5) is 0 Å². The van der Waals surface area contributed by atoms with Gasteiger partial charge >= 0.3 is 5.97 Å². The van der Waals surface area contributed by atoms with Crippen molar-refractivity contribution in [2.45, 2.75) is 0 Å². The van der Waals surface area contributed by atoms with Crippen molar-refractivity contribution in [2.24, 2.45) is 0 Å². The molecule has 0 saturated heterocycles. The van der Waals surface area contributed by atoms with E-state index < -0.39 is 5.97 Å². The number of hydrogen-bond donors (Lipinski definition) is 0. The van der Waals surface area contributed by atoms with E-state index in [0.29, 0.717) is 11.0 Å². The van der Waals surface area contributed by atoms with Crippen LogP contribution < -0.4 is 0 Å². The topological polar surface area (TPSA) is 65.0 Å². The Labute approximate surface area is 91.8 Å². The first-order chi connectivity index (χ1) is 7.74. The fourth-order valence-electron chi connectivity index (χ4n) is 1.26. The van der Waals surface area contributed by atoms with Crippen LogP contribution in [0, 0.1) is 0 Å². The molecule has 5 nitrogen and oxygen atoms in total. The van der Waals surface area contributed by atoms with Gasteiger partial charge in [0.2, 0.25) is 0 Å². The first-order valence-corrected chi connectivity index (χ1v) is 4.60. The summed E-state index contributed by atoms with van der Waals surface area (Å²) in [7, 11) is 1.27. The molecular formula is C11H9N3O2. The molecular weight excluding hydrogens is 206 g/mol. The number of fused-ring (bicyclic) bond motifs is 1. The molecule has 0 atom stereocenters. The molecule has 0 amide bonds. The minimum absolute atomic E-state index is 0.0452. The Morgan fingerprint density at radius 2 is 2.19 bits per heavy atom. The largest absolute Gasteiger partial charge is 0.463 e. The highest BCUT2D eigenvalue weighted by atomic mass is 16.5. The zero-order chi connectivity index (χ0) is 11.5. The van der Waals surface area contributed by atoms with Gasteiger partial charge in [-0.25, -0.2) is 9.78 Å². The van der Waals surface area contributed by atoms with Gasteiger partial charge in [0.05, 0.1) is 12.6 Å². The summed E-state index contributed by atoms with van der Waals surface area (Å²) >= 11 is 0. The predicted octanol–water partition coefficient (Wildman–Crippen LogP) is 1.45. The number of nitrogens with zero attached hydrogens (tertiary/aromatic N) is 3. The number of carbonyl (C=O) groups excluding carboxylic acids is 1. The average Bonchev–Trinajstić information content (AvgIpc) is 2.36.